The third kappa shape index (κ3) is 2.18. The van der Waals surface area contributed by atoms with Gasteiger partial charge in [0.15, 0.2) is 0 Å². The lowest BCUT2D eigenvalue weighted by Gasteiger charge is -2.33. The van der Waals surface area contributed by atoms with Gasteiger partial charge in [0.05, 0.1) is 6.54 Å². The Balaban J connectivity index is 1.89. The number of aryl methyl sites for hydroxylation is 1. The number of nitrogens with zero attached hydrogens (tertiary/aromatic N) is 4. The fraction of sp³-hybridized carbons (Fsp3) is 0.357. The molecule has 1 aromatic heterocycles. The predicted molar refractivity (Wildman–Crippen MR) is 73.5 cm³/mol. The summed E-state index contributed by atoms with van der Waals surface area (Å²) in [6, 6.07) is 9.21. The van der Waals surface area contributed by atoms with Gasteiger partial charge < -0.3 is 10.3 Å². The van der Waals surface area contributed by atoms with Gasteiger partial charge >= 0.3 is 0 Å². The second-order valence-corrected chi connectivity index (χ2v) is 5.00. The van der Waals surface area contributed by atoms with E-state index in [0.29, 0.717) is 6.54 Å². The minimum absolute atomic E-state index is 0.333. The maximum absolute atomic E-state index is 11.9. The minimum atomic E-state index is -0.415. The van der Waals surface area contributed by atoms with Gasteiger partial charge in [-0.05, 0) is 12.5 Å². The summed E-state index contributed by atoms with van der Waals surface area (Å²) in [5, 5.41) is 8.24. The molecule has 2 aromatic rings. The summed E-state index contributed by atoms with van der Waals surface area (Å²) in [5.41, 5.74) is 6.52. The number of nitrogens with two attached hydrogens (primary N) is 1. The Morgan fingerprint density at radius 1 is 1.25 bits per heavy atom. The van der Waals surface area contributed by atoms with E-state index in [0.717, 1.165) is 30.3 Å². The van der Waals surface area contributed by atoms with E-state index in [4.69, 9.17) is 5.73 Å². The van der Waals surface area contributed by atoms with Crippen molar-refractivity contribution in [3.8, 4) is 0 Å². The number of aromatic nitrogens is 3. The summed E-state index contributed by atoms with van der Waals surface area (Å²) in [5.74, 6) is 1.46. The number of primary amides is 1. The van der Waals surface area contributed by atoms with Crippen LogP contribution in [0.2, 0.25) is 0 Å². The van der Waals surface area contributed by atoms with Crippen molar-refractivity contribution in [1.29, 1.82) is 0 Å². The van der Waals surface area contributed by atoms with Crippen LogP contribution in [0, 0.1) is 6.92 Å². The quantitative estimate of drug-likeness (QED) is 0.888. The summed E-state index contributed by atoms with van der Waals surface area (Å²) in [7, 11) is 0. The number of fused-ring (bicyclic) bond motifs is 1. The van der Waals surface area contributed by atoms with Gasteiger partial charge in [0, 0.05) is 13.1 Å². The number of carbonyl (C=O) groups is 1. The molecule has 2 heterocycles. The van der Waals surface area contributed by atoms with E-state index in [1.807, 2.05) is 37.3 Å². The van der Waals surface area contributed by atoms with Crippen LogP contribution >= 0.6 is 0 Å². The van der Waals surface area contributed by atoms with Gasteiger partial charge in [0.25, 0.3) is 0 Å². The monoisotopic (exact) mass is 271 g/mol. The zero-order chi connectivity index (χ0) is 14.1. The van der Waals surface area contributed by atoms with Crippen LogP contribution < -0.4 is 5.73 Å². The van der Waals surface area contributed by atoms with Crippen molar-refractivity contribution in [3.63, 3.8) is 0 Å². The van der Waals surface area contributed by atoms with E-state index in [-0.39, 0.29) is 5.91 Å². The molecule has 0 saturated heterocycles. The Bertz CT molecular complexity index is 622. The molecule has 104 valence electrons. The molecule has 1 aliphatic rings. The Morgan fingerprint density at radius 3 is 2.70 bits per heavy atom. The highest BCUT2D eigenvalue weighted by atomic mass is 16.1. The third-order valence-electron chi connectivity index (χ3n) is 3.72. The van der Waals surface area contributed by atoms with Gasteiger partial charge in [0.2, 0.25) is 5.91 Å². The second-order valence-electron chi connectivity index (χ2n) is 5.00. The first-order valence-electron chi connectivity index (χ1n) is 6.64. The molecule has 1 aromatic carbocycles. The lowest BCUT2D eigenvalue weighted by molar-refractivity contribution is -0.124. The number of amides is 1. The molecule has 0 spiro atoms. The van der Waals surface area contributed by atoms with Crippen LogP contribution in [0.25, 0.3) is 0 Å². The van der Waals surface area contributed by atoms with Crippen LogP contribution in [0.1, 0.15) is 23.3 Å². The SMILES string of the molecule is Cc1nnc2n1CCN([C@H](C(N)=O)c1ccccc1)C2. The van der Waals surface area contributed by atoms with Crippen molar-refractivity contribution in [2.24, 2.45) is 5.73 Å². The molecular formula is C14H17N5O. The summed E-state index contributed by atoms with van der Waals surface area (Å²) < 4.78 is 2.08. The van der Waals surface area contributed by atoms with Crippen LogP contribution in [-0.2, 0) is 17.9 Å². The number of hydrogen-bond acceptors (Lipinski definition) is 4. The molecule has 0 unspecified atom stereocenters. The average molecular weight is 271 g/mol. The van der Waals surface area contributed by atoms with Gasteiger partial charge in [-0.15, -0.1) is 10.2 Å². The fourth-order valence-corrected chi connectivity index (χ4v) is 2.73. The average Bonchev–Trinajstić information content (AvgIpc) is 2.81. The van der Waals surface area contributed by atoms with Gasteiger partial charge in [-0.2, -0.15) is 0 Å². The van der Waals surface area contributed by atoms with Gasteiger partial charge in [0.1, 0.15) is 17.7 Å². The molecule has 0 aliphatic carbocycles. The Kier molecular flexibility index (Phi) is 3.23. The topological polar surface area (TPSA) is 77.0 Å². The first-order valence-corrected chi connectivity index (χ1v) is 6.64. The molecule has 6 nitrogen and oxygen atoms in total. The lowest BCUT2D eigenvalue weighted by Crippen LogP contribution is -2.42. The Hall–Kier alpha value is -2.21. The standard InChI is InChI=1S/C14H17N5O/c1-10-16-17-12-9-18(7-8-19(10)12)13(14(15)20)11-5-3-2-4-6-11/h2-6,13H,7-9H2,1H3,(H2,15,20)/t13-/m0/s1. The van der Waals surface area contributed by atoms with Crippen molar-refractivity contribution >= 4 is 5.91 Å². The van der Waals surface area contributed by atoms with Gasteiger partial charge in [-0.25, -0.2) is 0 Å². The number of benzene rings is 1. The summed E-state index contributed by atoms with van der Waals surface area (Å²) >= 11 is 0. The predicted octanol–water partition coefficient (Wildman–Crippen LogP) is 0.629. The smallest absolute Gasteiger partial charge is 0.239 e. The molecule has 0 bridgehead atoms. The first kappa shape index (κ1) is 12.8. The fourth-order valence-electron chi connectivity index (χ4n) is 2.73. The number of carbonyl (C=O) groups excluding carboxylic acids is 1. The molecule has 6 heteroatoms. The van der Waals surface area contributed by atoms with Crippen molar-refractivity contribution in [3.05, 3.63) is 47.5 Å². The summed E-state index contributed by atoms with van der Waals surface area (Å²) in [4.78, 5) is 13.9. The van der Waals surface area contributed by atoms with E-state index < -0.39 is 6.04 Å². The normalized spacial score (nSPS) is 16.6. The number of hydrogen-bond donors (Lipinski definition) is 1. The van der Waals surface area contributed by atoms with Crippen molar-refractivity contribution < 1.29 is 4.79 Å². The number of rotatable bonds is 3. The van der Waals surface area contributed by atoms with E-state index in [1.54, 1.807) is 0 Å². The molecule has 1 amide bonds. The summed E-state index contributed by atoms with van der Waals surface area (Å²) in [6.45, 7) is 4.07. The second kappa shape index (κ2) is 5.05. The van der Waals surface area contributed by atoms with E-state index in [2.05, 4.69) is 19.7 Å². The molecule has 2 N–H and O–H groups in total. The molecule has 1 aliphatic heterocycles. The van der Waals surface area contributed by atoms with E-state index in [1.165, 1.54) is 0 Å². The van der Waals surface area contributed by atoms with Crippen LogP contribution in [-0.4, -0.2) is 32.1 Å². The van der Waals surface area contributed by atoms with Gasteiger partial charge in [-0.3, -0.25) is 9.69 Å². The summed E-state index contributed by atoms with van der Waals surface area (Å²) in [6.07, 6.45) is 0. The molecule has 0 saturated carbocycles. The maximum atomic E-state index is 11.9. The van der Waals surface area contributed by atoms with E-state index >= 15 is 0 Å². The van der Waals surface area contributed by atoms with E-state index in [9.17, 15) is 4.79 Å². The zero-order valence-electron chi connectivity index (χ0n) is 11.4. The largest absolute Gasteiger partial charge is 0.368 e. The highest BCUT2D eigenvalue weighted by Gasteiger charge is 2.30. The van der Waals surface area contributed by atoms with Crippen molar-refractivity contribution in [1.82, 2.24) is 19.7 Å². The molecular weight excluding hydrogens is 254 g/mol. The molecule has 20 heavy (non-hydrogen) atoms. The zero-order valence-corrected chi connectivity index (χ0v) is 11.4. The van der Waals surface area contributed by atoms with Gasteiger partial charge in [-0.1, -0.05) is 30.3 Å². The van der Waals surface area contributed by atoms with Crippen molar-refractivity contribution in [2.75, 3.05) is 6.54 Å². The van der Waals surface area contributed by atoms with Crippen LogP contribution in [0.5, 0.6) is 0 Å². The minimum Gasteiger partial charge on any atom is -0.368 e. The highest BCUT2D eigenvalue weighted by molar-refractivity contribution is 5.81. The van der Waals surface area contributed by atoms with Crippen molar-refractivity contribution in [2.45, 2.75) is 26.1 Å². The third-order valence-corrected chi connectivity index (χ3v) is 3.72. The van der Waals surface area contributed by atoms with Crippen LogP contribution in [0.4, 0.5) is 0 Å². The molecule has 0 radical (unpaired) electrons. The first-order chi connectivity index (χ1) is 9.66. The Morgan fingerprint density at radius 2 is 2.00 bits per heavy atom. The molecule has 3 rings (SSSR count). The molecule has 1 atom stereocenters. The molecule has 0 fully saturated rings. The Labute approximate surface area is 117 Å². The van der Waals surface area contributed by atoms with Crippen LogP contribution in [0.3, 0.4) is 0 Å². The lowest BCUT2D eigenvalue weighted by atomic mass is 10.0. The van der Waals surface area contributed by atoms with Crippen LogP contribution in [0.15, 0.2) is 30.3 Å². The highest BCUT2D eigenvalue weighted by Crippen LogP contribution is 2.24. The maximum Gasteiger partial charge on any atom is 0.239 e.